The number of methoxy groups -OCH3 is 1. The maximum atomic E-state index is 12.2. The van der Waals surface area contributed by atoms with Crippen molar-refractivity contribution < 1.29 is 13.9 Å². The van der Waals surface area contributed by atoms with E-state index < -0.39 is 5.91 Å². The molecule has 0 spiro atoms. The molecule has 0 saturated carbocycles. The fourth-order valence-corrected chi connectivity index (χ4v) is 2.13. The van der Waals surface area contributed by atoms with Crippen LogP contribution in [0.4, 0.5) is 6.01 Å². The molecule has 0 fully saturated rings. The number of anilines is 1. The summed E-state index contributed by atoms with van der Waals surface area (Å²) in [6.07, 6.45) is 1.54. The monoisotopic (exact) mass is 317 g/mol. The lowest BCUT2D eigenvalue weighted by Crippen LogP contribution is -2.12. The number of nitrogens with zero attached hydrogens (tertiary/aromatic N) is 6. The topological polar surface area (TPSA) is 113 Å². The van der Waals surface area contributed by atoms with Crippen molar-refractivity contribution in [2.75, 3.05) is 12.4 Å². The molecule has 0 radical (unpaired) electrons. The summed E-state index contributed by atoms with van der Waals surface area (Å²) >= 11 is 0. The highest BCUT2D eigenvalue weighted by molar-refractivity contribution is 6.04. The number of aromatic nitrogens is 6. The molecule has 0 aromatic carbocycles. The predicted octanol–water partition coefficient (Wildman–Crippen LogP) is 0.773. The van der Waals surface area contributed by atoms with Crippen LogP contribution in [0.2, 0.25) is 0 Å². The number of aryl methyl sites for hydroxylation is 3. The number of rotatable bonds is 4. The molecule has 3 rings (SSSR count). The van der Waals surface area contributed by atoms with E-state index in [1.54, 1.807) is 18.8 Å². The number of nitrogens with one attached hydrogen (secondary N) is 1. The summed E-state index contributed by atoms with van der Waals surface area (Å²) in [5.74, 6) is 0.0277. The molecule has 3 heterocycles. The minimum absolute atomic E-state index is 0.0187. The highest BCUT2D eigenvalue weighted by Crippen LogP contribution is 2.21. The lowest BCUT2D eigenvalue weighted by molar-refractivity contribution is 0.102. The molecule has 0 saturated heterocycles. The minimum Gasteiger partial charge on any atom is -0.479 e. The van der Waals surface area contributed by atoms with Gasteiger partial charge in [-0.1, -0.05) is 5.10 Å². The van der Waals surface area contributed by atoms with E-state index in [1.165, 1.54) is 18.0 Å². The quantitative estimate of drug-likeness (QED) is 0.756. The highest BCUT2D eigenvalue weighted by atomic mass is 16.5. The molecule has 0 aliphatic heterocycles. The van der Waals surface area contributed by atoms with Gasteiger partial charge in [-0.2, -0.15) is 5.10 Å². The van der Waals surface area contributed by atoms with Gasteiger partial charge in [-0.05, 0) is 13.0 Å². The molecule has 120 valence electrons. The number of amides is 1. The molecule has 0 bridgehead atoms. The summed E-state index contributed by atoms with van der Waals surface area (Å²) in [7, 11) is 4.90. The minimum atomic E-state index is -0.452. The Bertz CT molecular complexity index is 861. The van der Waals surface area contributed by atoms with Crippen molar-refractivity contribution in [1.29, 1.82) is 0 Å². The van der Waals surface area contributed by atoms with Gasteiger partial charge in [-0.15, -0.1) is 10.2 Å². The molecular formula is C13H15N7O3. The van der Waals surface area contributed by atoms with E-state index in [4.69, 9.17) is 9.15 Å². The molecule has 23 heavy (non-hydrogen) atoms. The summed E-state index contributed by atoms with van der Waals surface area (Å²) in [6.45, 7) is 1.86. The van der Waals surface area contributed by atoms with E-state index >= 15 is 0 Å². The second-order valence-corrected chi connectivity index (χ2v) is 4.89. The Morgan fingerprint density at radius 3 is 2.74 bits per heavy atom. The van der Waals surface area contributed by atoms with Crippen molar-refractivity contribution in [2.45, 2.75) is 6.92 Å². The van der Waals surface area contributed by atoms with Crippen molar-refractivity contribution in [1.82, 2.24) is 29.8 Å². The van der Waals surface area contributed by atoms with Gasteiger partial charge in [-0.25, -0.2) is 0 Å². The van der Waals surface area contributed by atoms with Crippen LogP contribution >= 0.6 is 0 Å². The van der Waals surface area contributed by atoms with Gasteiger partial charge >= 0.3 is 6.01 Å². The molecular weight excluding hydrogens is 302 g/mol. The molecule has 1 amide bonds. The van der Waals surface area contributed by atoms with Crippen molar-refractivity contribution >= 4 is 11.9 Å². The molecule has 0 aliphatic rings. The van der Waals surface area contributed by atoms with Gasteiger partial charge in [-0.3, -0.25) is 19.5 Å². The summed E-state index contributed by atoms with van der Waals surface area (Å²) in [6, 6.07) is 1.79. The third-order valence-electron chi connectivity index (χ3n) is 3.10. The van der Waals surface area contributed by atoms with Crippen LogP contribution in [0, 0.1) is 6.92 Å². The summed E-state index contributed by atoms with van der Waals surface area (Å²) in [5.41, 5.74) is 1.76. The van der Waals surface area contributed by atoms with Gasteiger partial charge in [0.15, 0.2) is 0 Å². The first-order valence-corrected chi connectivity index (χ1v) is 6.71. The van der Waals surface area contributed by atoms with E-state index in [-0.39, 0.29) is 23.3 Å². The smallest absolute Gasteiger partial charge is 0.322 e. The Morgan fingerprint density at radius 1 is 1.30 bits per heavy atom. The van der Waals surface area contributed by atoms with E-state index in [2.05, 4.69) is 25.7 Å². The van der Waals surface area contributed by atoms with E-state index in [9.17, 15) is 4.79 Å². The van der Waals surface area contributed by atoms with Gasteiger partial charge in [0.05, 0.1) is 12.8 Å². The van der Waals surface area contributed by atoms with Crippen molar-refractivity contribution in [2.24, 2.45) is 14.1 Å². The van der Waals surface area contributed by atoms with Crippen LogP contribution < -0.4 is 10.1 Å². The third-order valence-corrected chi connectivity index (χ3v) is 3.10. The lowest BCUT2D eigenvalue weighted by Gasteiger charge is -1.99. The van der Waals surface area contributed by atoms with Crippen LogP contribution in [0.15, 0.2) is 16.7 Å². The van der Waals surface area contributed by atoms with Crippen LogP contribution in [0.5, 0.6) is 5.88 Å². The second-order valence-electron chi connectivity index (χ2n) is 4.89. The average molecular weight is 317 g/mol. The Balaban J connectivity index is 1.81. The number of carbonyl (C=O) groups is 1. The molecule has 3 aromatic heterocycles. The zero-order chi connectivity index (χ0) is 16.6. The Hall–Kier alpha value is -3.17. The summed E-state index contributed by atoms with van der Waals surface area (Å²) in [4.78, 5) is 12.2. The van der Waals surface area contributed by atoms with Gasteiger partial charge in [0.25, 0.3) is 11.8 Å². The Kier molecular flexibility index (Phi) is 3.56. The Labute approximate surface area is 131 Å². The van der Waals surface area contributed by atoms with Crippen molar-refractivity contribution in [3.05, 3.63) is 23.5 Å². The molecule has 10 nitrogen and oxygen atoms in total. The molecule has 0 aliphatic carbocycles. The number of hydrogen-bond acceptors (Lipinski definition) is 7. The fourth-order valence-electron chi connectivity index (χ4n) is 2.13. The van der Waals surface area contributed by atoms with E-state index in [0.29, 0.717) is 5.69 Å². The zero-order valence-corrected chi connectivity index (χ0v) is 13.1. The maximum absolute atomic E-state index is 12.2. The van der Waals surface area contributed by atoms with E-state index in [0.717, 1.165) is 5.69 Å². The molecule has 0 atom stereocenters. The number of ether oxygens (including phenoxy) is 1. The van der Waals surface area contributed by atoms with E-state index in [1.807, 2.05) is 13.0 Å². The third kappa shape index (κ3) is 2.78. The number of carbonyl (C=O) groups excluding carboxylic acids is 1. The fraction of sp³-hybridized carbons (Fsp3) is 0.308. The average Bonchev–Trinajstić information content (AvgIpc) is 3.18. The van der Waals surface area contributed by atoms with Crippen LogP contribution in [-0.2, 0) is 14.1 Å². The highest BCUT2D eigenvalue weighted by Gasteiger charge is 2.20. The standard InChI is InChI=1S/C13H15N7O3/c1-7-5-9(20(3)17-7)12-15-16-13(23-12)14-10(21)8-6-19(2)18-11(8)22-4/h5-6H,1-4H3,(H,14,16,21). The van der Waals surface area contributed by atoms with Crippen LogP contribution in [0.25, 0.3) is 11.6 Å². The van der Waals surface area contributed by atoms with Gasteiger partial charge in [0.2, 0.25) is 5.88 Å². The van der Waals surface area contributed by atoms with Crippen LogP contribution in [-0.4, -0.2) is 42.8 Å². The number of hydrogen-bond donors (Lipinski definition) is 1. The first-order chi connectivity index (χ1) is 11.0. The van der Waals surface area contributed by atoms with Gasteiger partial charge < -0.3 is 9.15 Å². The maximum Gasteiger partial charge on any atom is 0.322 e. The largest absolute Gasteiger partial charge is 0.479 e. The summed E-state index contributed by atoms with van der Waals surface area (Å²) in [5, 5.41) is 18.5. The SMILES string of the molecule is COc1nn(C)cc1C(=O)Nc1nnc(-c2cc(C)nn2C)o1. The second kappa shape index (κ2) is 5.55. The Morgan fingerprint density at radius 2 is 2.09 bits per heavy atom. The lowest BCUT2D eigenvalue weighted by atomic mass is 10.3. The normalized spacial score (nSPS) is 10.8. The van der Waals surface area contributed by atoms with Crippen LogP contribution in [0.3, 0.4) is 0 Å². The van der Waals surface area contributed by atoms with Gasteiger partial charge in [0.1, 0.15) is 11.3 Å². The first-order valence-electron chi connectivity index (χ1n) is 6.71. The zero-order valence-electron chi connectivity index (χ0n) is 13.1. The van der Waals surface area contributed by atoms with Crippen molar-refractivity contribution in [3.8, 4) is 17.5 Å². The first kappa shape index (κ1) is 14.8. The molecule has 10 heteroatoms. The predicted molar refractivity (Wildman–Crippen MR) is 79.0 cm³/mol. The van der Waals surface area contributed by atoms with Crippen LogP contribution in [0.1, 0.15) is 16.1 Å². The molecule has 1 N–H and O–H groups in total. The molecule has 0 unspecified atom stereocenters. The van der Waals surface area contributed by atoms with Crippen molar-refractivity contribution in [3.63, 3.8) is 0 Å². The summed E-state index contributed by atoms with van der Waals surface area (Å²) < 4.78 is 13.6. The van der Waals surface area contributed by atoms with Gasteiger partial charge in [0, 0.05) is 20.3 Å². The molecule has 3 aromatic rings.